The van der Waals surface area contributed by atoms with Crippen LogP contribution in [0.25, 0.3) is 0 Å². The summed E-state index contributed by atoms with van der Waals surface area (Å²) < 4.78 is 6.11. The molecule has 1 atom stereocenters. The molecular weight excluding hydrogens is 412 g/mol. The standard InChI is InChI=1S/C29H38O4/c1-5-6-7-8-9-10-11-12-13-14-22-26(30)27(31)23-15-16-24(33-29(23)28(22)32)25-20(3)17-19(2)18-21(25)4/h15-18,24,30H,5-14H2,1-4H3/t24-/m1/s1. The molecule has 0 spiro atoms. The maximum atomic E-state index is 13.2. The van der Waals surface area contributed by atoms with E-state index in [1.807, 2.05) is 13.8 Å². The molecule has 4 nitrogen and oxygen atoms in total. The van der Waals surface area contributed by atoms with Gasteiger partial charge in [-0.2, -0.15) is 0 Å². The summed E-state index contributed by atoms with van der Waals surface area (Å²) in [5, 5.41) is 10.5. The van der Waals surface area contributed by atoms with Crippen LogP contribution in [0, 0.1) is 20.8 Å². The molecule has 0 fully saturated rings. The van der Waals surface area contributed by atoms with E-state index < -0.39 is 17.6 Å². The van der Waals surface area contributed by atoms with Crippen molar-refractivity contribution in [2.75, 3.05) is 0 Å². The Morgan fingerprint density at radius 1 is 0.848 bits per heavy atom. The highest BCUT2D eigenvalue weighted by molar-refractivity contribution is 6.24. The van der Waals surface area contributed by atoms with Crippen molar-refractivity contribution in [2.24, 2.45) is 0 Å². The maximum absolute atomic E-state index is 13.2. The summed E-state index contributed by atoms with van der Waals surface area (Å²) in [4.78, 5) is 25.9. The second-order valence-electron chi connectivity index (χ2n) is 9.52. The van der Waals surface area contributed by atoms with Gasteiger partial charge in [0.1, 0.15) is 6.10 Å². The molecule has 0 saturated carbocycles. The number of allylic oxidation sites excluding steroid dienone is 3. The number of hydrogen-bond donors (Lipinski definition) is 1. The molecule has 1 N–H and O–H groups in total. The van der Waals surface area contributed by atoms with E-state index in [0.29, 0.717) is 6.42 Å². The molecule has 3 rings (SSSR count). The van der Waals surface area contributed by atoms with Crippen molar-refractivity contribution in [2.45, 2.75) is 98.0 Å². The zero-order chi connectivity index (χ0) is 24.0. The van der Waals surface area contributed by atoms with E-state index in [-0.39, 0.29) is 22.7 Å². The highest BCUT2D eigenvalue weighted by atomic mass is 16.5. The van der Waals surface area contributed by atoms with Gasteiger partial charge in [-0.3, -0.25) is 9.59 Å². The number of benzene rings is 1. The number of hydrogen-bond acceptors (Lipinski definition) is 4. The lowest BCUT2D eigenvalue weighted by Gasteiger charge is -2.28. The molecule has 0 aromatic heterocycles. The zero-order valence-electron chi connectivity index (χ0n) is 20.6. The molecule has 1 heterocycles. The molecule has 2 aliphatic rings. The smallest absolute Gasteiger partial charge is 0.231 e. The fourth-order valence-corrected chi connectivity index (χ4v) is 4.99. The summed E-state index contributed by atoms with van der Waals surface area (Å²) in [5.41, 5.74) is 4.74. The summed E-state index contributed by atoms with van der Waals surface area (Å²) in [5.74, 6) is -1.19. The van der Waals surface area contributed by atoms with Crippen LogP contribution in [0.15, 0.2) is 46.9 Å². The van der Waals surface area contributed by atoms with Gasteiger partial charge in [0, 0.05) is 11.1 Å². The fourth-order valence-electron chi connectivity index (χ4n) is 4.99. The average Bonchev–Trinajstić information content (AvgIpc) is 2.77. The predicted octanol–water partition coefficient (Wildman–Crippen LogP) is 7.38. The van der Waals surface area contributed by atoms with Crippen molar-refractivity contribution >= 4 is 11.6 Å². The maximum Gasteiger partial charge on any atom is 0.231 e. The van der Waals surface area contributed by atoms with E-state index in [1.54, 1.807) is 12.2 Å². The fraction of sp³-hybridized carbons (Fsp3) is 0.517. The van der Waals surface area contributed by atoms with Crippen molar-refractivity contribution in [3.8, 4) is 0 Å². The topological polar surface area (TPSA) is 63.6 Å². The molecule has 1 aromatic rings. The van der Waals surface area contributed by atoms with Crippen LogP contribution in [-0.2, 0) is 14.3 Å². The molecule has 0 amide bonds. The molecule has 4 heteroatoms. The second-order valence-corrected chi connectivity index (χ2v) is 9.52. The molecule has 1 aliphatic heterocycles. The highest BCUT2D eigenvalue weighted by Crippen LogP contribution is 2.38. The van der Waals surface area contributed by atoms with Gasteiger partial charge in [0.25, 0.3) is 0 Å². The number of aryl methyl sites for hydroxylation is 3. The van der Waals surface area contributed by atoms with Crippen LogP contribution in [0.2, 0.25) is 0 Å². The first-order valence-electron chi connectivity index (χ1n) is 12.5. The summed E-state index contributed by atoms with van der Waals surface area (Å²) >= 11 is 0. The SMILES string of the molecule is CCCCCCCCCCCC1=C(O)C(=O)C2=C(O[C@@H](c3c(C)cc(C)cc3C)C=C2)C1=O. The van der Waals surface area contributed by atoms with Crippen molar-refractivity contribution in [3.63, 3.8) is 0 Å². The summed E-state index contributed by atoms with van der Waals surface area (Å²) in [6, 6.07) is 4.19. The van der Waals surface area contributed by atoms with Gasteiger partial charge in [-0.05, 0) is 56.9 Å². The van der Waals surface area contributed by atoms with Gasteiger partial charge in [-0.25, -0.2) is 0 Å². The summed E-state index contributed by atoms with van der Waals surface area (Å²) in [6.45, 7) is 8.34. The van der Waals surface area contributed by atoms with E-state index in [4.69, 9.17) is 4.74 Å². The van der Waals surface area contributed by atoms with Crippen LogP contribution in [0.4, 0.5) is 0 Å². The Kier molecular flexibility index (Phi) is 8.71. The van der Waals surface area contributed by atoms with E-state index in [2.05, 4.69) is 26.0 Å². The Morgan fingerprint density at radius 2 is 1.42 bits per heavy atom. The Bertz CT molecular complexity index is 970. The Balaban J connectivity index is 1.61. The van der Waals surface area contributed by atoms with Crippen molar-refractivity contribution in [3.05, 3.63) is 69.2 Å². The average molecular weight is 451 g/mol. The van der Waals surface area contributed by atoms with Crippen molar-refractivity contribution in [1.82, 2.24) is 0 Å². The lowest BCUT2D eigenvalue weighted by molar-refractivity contribution is -0.121. The van der Waals surface area contributed by atoms with Gasteiger partial charge in [0.15, 0.2) is 11.5 Å². The number of unbranched alkanes of at least 4 members (excludes halogenated alkanes) is 8. The van der Waals surface area contributed by atoms with Crippen LogP contribution in [0.3, 0.4) is 0 Å². The Labute approximate surface area is 198 Å². The number of aliphatic hydroxyl groups excluding tert-OH is 1. The monoisotopic (exact) mass is 450 g/mol. The third-order valence-electron chi connectivity index (χ3n) is 6.71. The molecule has 0 radical (unpaired) electrons. The van der Waals surface area contributed by atoms with E-state index in [0.717, 1.165) is 36.0 Å². The molecule has 0 bridgehead atoms. The van der Waals surface area contributed by atoms with Crippen LogP contribution < -0.4 is 0 Å². The number of carbonyl (C=O) groups is 2. The first kappa shape index (κ1) is 25.0. The van der Waals surface area contributed by atoms with Gasteiger partial charge >= 0.3 is 0 Å². The van der Waals surface area contributed by atoms with Crippen LogP contribution in [-0.4, -0.2) is 16.7 Å². The largest absolute Gasteiger partial charge is 0.504 e. The molecule has 1 aromatic carbocycles. The lowest BCUT2D eigenvalue weighted by atomic mass is 9.87. The molecular formula is C29H38O4. The number of Topliss-reactive ketones (excluding diaryl/α,β-unsaturated/α-hetero) is 2. The highest BCUT2D eigenvalue weighted by Gasteiger charge is 2.38. The lowest BCUT2D eigenvalue weighted by Crippen LogP contribution is -2.27. The number of carbonyl (C=O) groups excluding carboxylic acids is 2. The Morgan fingerprint density at radius 3 is 2.03 bits per heavy atom. The van der Waals surface area contributed by atoms with Crippen molar-refractivity contribution in [1.29, 1.82) is 0 Å². The zero-order valence-corrected chi connectivity index (χ0v) is 20.6. The summed E-state index contributed by atoms with van der Waals surface area (Å²) in [7, 11) is 0. The first-order chi connectivity index (χ1) is 15.8. The predicted molar refractivity (Wildman–Crippen MR) is 132 cm³/mol. The minimum Gasteiger partial charge on any atom is -0.504 e. The van der Waals surface area contributed by atoms with Gasteiger partial charge < -0.3 is 9.84 Å². The van der Waals surface area contributed by atoms with Crippen LogP contribution in [0.5, 0.6) is 0 Å². The van der Waals surface area contributed by atoms with E-state index in [9.17, 15) is 14.7 Å². The third-order valence-corrected chi connectivity index (χ3v) is 6.71. The molecule has 178 valence electrons. The molecule has 33 heavy (non-hydrogen) atoms. The van der Waals surface area contributed by atoms with Gasteiger partial charge in [-0.15, -0.1) is 0 Å². The minimum atomic E-state index is -0.512. The van der Waals surface area contributed by atoms with E-state index >= 15 is 0 Å². The number of aliphatic hydroxyl groups is 1. The molecule has 1 aliphatic carbocycles. The number of rotatable bonds is 11. The summed E-state index contributed by atoms with van der Waals surface area (Å²) in [6.07, 6.45) is 13.9. The number of ether oxygens (including phenoxy) is 1. The molecule has 0 unspecified atom stereocenters. The molecule has 0 saturated heterocycles. The normalized spacial score (nSPS) is 18.1. The van der Waals surface area contributed by atoms with Gasteiger partial charge in [0.05, 0.1) is 5.57 Å². The third kappa shape index (κ3) is 5.85. The second kappa shape index (κ2) is 11.5. The Hall–Kier alpha value is -2.62. The minimum absolute atomic E-state index is 0.0793. The number of ketones is 2. The first-order valence-corrected chi connectivity index (χ1v) is 12.5. The van der Waals surface area contributed by atoms with E-state index in [1.165, 1.54) is 44.1 Å². The van der Waals surface area contributed by atoms with Gasteiger partial charge in [0.2, 0.25) is 11.6 Å². The van der Waals surface area contributed by atoms with Crippen LogP contribution in [0.1, 0.15) is 99.5 Å². The van der Waals surface area contributed by atoms with Gasteiger partial charge in [-0.1, -0.05) is 76.0 Å². The quantitative estimate of drug-likeness (QED) is 0.282. The van der Waals surface area contributed by atoms with Crippen molar-refractivity contribution < 1.29 is 19.4 Å². The van der Waals surface area contributed by atoms with Crippen LogP contribution >= 0.6 is 0 Å².